The van der Waals surface area contributed by atoms with Gasteiger partial charge in [0.05, 0.1) is 27.5 Å². The first kappa shape index (κ1) is 21.7. The van der Waals surface area contributed by atoms with Gasteiger partial charge in [0.25, 0.3) is 5.91 Å². The third-order valence-electron chi connectivity index (χ3n) is 4.91. The first-order chi connectivity index (χ1) is 15.4. The van der Waals surface area contributed by atoms with Gasteiger partial charge in [-0.05, 0) is 44.2 Å². The lowest BCUT2D eigenvalue weighted by Gasteiger charge is -2.12. The fraction of sp³-hybridized carbons (Fsp3) is 0.174. The van der Waals surface area contributed by atoms with E-state index < -0.39 is 6.61 Å². The summed E-state index contributed by atoms with van der Waals surface area (Å²) < 4.78 is 31.0. The third-order valence-corrected chi connectivity index (χ3v) is 5.21. The fourth-order valence-electron chi connectivity index (χ4n) is 3.40. The maximum atomic E-state index is 13.2. The summed E-state index contributed by atoms with van der Waals surface area (Å²) in [5.41, 5.74) is 3.70. The second-order valence-electron chi connectivity index (χ2n) is 7.03. The molecule has 9 heteroatoms. The van der Waals surface area contributed by atoms with Crippen molar-refractivity contribution >= 4 is 34.1 Å². The van der Waals surface area contributed by atoms with E-state index in [1.54, 1.807) is 6.07 Å². The number of benzene rings is 2. The van der Waals surface area contributed by atoms with Gasteiger partial charge < -0.3 is 10.1 Å². The summed E-state index contributed by atoms with van der Waals surface area (Å²) in [5.74, 6) is -0.552. The molecule has 0 atom stereocenters. The van der Waals surface area contributed by atoms with Crippen LogP contribution in [0.25, 0.3) is 22.2 Å². The molecule has 0 aliphatic rings. The predicted molar refractivity (Wildman–Crippen MR) is 119 cm³/mol. The number of hydrogen-bond acceptors (Lipinski definition) is 4. The Hall–Kier alpha value is -3.52. The number of alkyl halides is 2. The standard InChI is InChI=1S/C23H19ClF2N4O2/c1-3-30-12-17(13(2)29-30)20-11-16(15-6-4-5-7-19(15)28-20)22(31)27-14-8-9-21(18(24)10-14)32-23(25)26/h4-12,23H,3H2,1-2H3,(H,27,31). The molecule has 2 heterocycles. The Morgan fingerprint density at radius 2 is 2.00 bits per heavy atom. The number of ether oxygens (including phenoxy) is 1. The first-order valence-corrected chi connectivity index (χ1v) is 10.2. The van der Waals surface area contributed by atoms with E-state index in [0.717, 1.165) is 11.3 Å². The van der Waals surface area contributed by atoms with E-state index in [1.165, 1.54) is 18.2 Å². The highest BCUT2D eigenvalue weighted by atomic mass is 35.5. The van der Waals surface area contributed by atoms with Gasteiger partial charge in [-0.3, -0.25) is 9.48 Å². The molecule has 32 heavy (non-hydrogen) atoms. The van der Waals surface area contributed by atoms with E-state index in [1.807, 2.05) is 49.0 Å². The average molecular weight is 457 g/mol. The van der Waals surface area contributed by atoms with Gasteiger partial charge in [-0.2, -0.15) is 13.9 Å². The highest BCUT2D eigenvalue weighted by Crippen LogP contribution is 2.30. The molecule has 0 aliphatic carbocycles. The molecule has 1 amide bonds. The van der Waals surface area contributed by atoms with Crippen molar-refractivity contribution in [3.8, 4) is 17.0 Å². The molecular weight excluding hydrogens is 438 g/mol. The average Bonchev–Trinajstić information content (AvgIpc) is 3.15. The number of para-hydroxylation sites is 1. The summed E-state index contributed by atoms with van der Waals surface area (Å²) in [6.45, 7) is 1.61. The molecule has 0 radical (unpaired) electrons. The van der Waals surface area contributed by atoms with Crippen LogP contribution in [-0.2, 0) is 6.54 Å². The van der Waals surface area contributed by atoms with Crippen LogP contribution < -0.4 is 10.1 Å². The number of hydrogen-bond donors (Lipinski definition) is 1. The zero-order valence-corrected chi connectivity index (χ0v) is 18.0. The number of aromatic nitrogens is 3. The molecule has 0 bridgehead atoms. The topological polar surface area (TPSA) is 69.0 Å². The van der Waals surface area contributed by atoms with Crippen LogP contribution in [0.4, 0.5) is 14.5 Å². The van der Waals surface area contributed by atoms with Gasteiger partial charge in [-0.25, -0.2) is 4.98 Å². The molecule has 0 saturated carbocycles. The van der Waals surface area contributed by atoms with Gasteiger partial charge in [-0.15, -0.1) is 0 Å². The van der Waals surface area contributed by atoms with Crippen LogP contribution >= 0.6 is 11.6 Å². The van der Waals surface area contributed by atoms with E-state index in [9.17, 15) is 13.6 Å². The number of aryl methyl sites for hydroxylation is 2. The number of fused-ring (bicyclic) bond motifs is 1. The molecule has 4 rings (SSSR count). The van der Waals surface area contributed by atoms with E-state index in [0.29, 0.717) is 34.4 Å². The molecule has 0 fully saturated rings. The Morgan fingerprint density at radius 1 is 1.22 bits per heavy atom. The van der Waals surface area contributed by atoms with Gasteiger partial charge in [0.1, 0.15) is 5.75 Å². The van der Waals surface area contributed by atoms with Crippen LogP contribution in [0.1, 0.15) is 23.0 Å². The second kappa shape index (κ2) is 8.92. The Balaban J connectivity index is 1.72. The van der Waals surface area contributed by atoms with Crippen LogP contribution in [0.3, 0.4) is 0 Å². The summed E-state index contributed by atoms with van der Waals surface area (Å²) in [7, 11) is 0. The van der Waals surface area contributed by atoms with Crippen molar-refractivity contribution in [2.75, 3.05) is 5.32 Å². The molecule has 0 saturated heterocycles. The Bertz CT molecular complexity index is 1310. The maximum Gasteiger partial charge on any atom is 0.387 e. The normalized spacial score (nSPS) is 11.2. The van der Waals surface area contributed by atoms with Gasteiger partial charge in [-0.1, -0.05) is 29.8 Å². The molecule has 2 aromatic carbocycles. The van der Waals surface area contributed by atoms with Crippen LogP contribution in [0.15, 0.2) is 54.7 Å². The highest BCUT2D eigenvalue weighted by molar-refractivity contribution is 6.32. The minimum Gasteiger partial charge on any atom is -0.433 e. The van der Waals surface area contributed by atoms with Gasteiger partial charge in [0.15, 0.2) is 0 Å². The monoisotopic (exact) mass is 456 g/mol. The predicted octanol–water partition coefficient (Wildman–Crippen LogP) is 5.93. The zero-order chi connectivity index (χ0) is 22.8. The molecular formula is C23H19ClF2N4O2. The summed E-state index contributed by atoms with van der Waals surface area (Å²) in [6, 6.07) is 13.1. The van der Waals surface area contributed by atoms with Crippen LogP contribution in [-0.4, -0.2) is 27.3 Å². The van der Waals surface area contributed by atoms with Gasteiger partial charge in [0.2, 0.25) is 0 Å². The Kier molecular flexibility index (Phi) is 6.05. The molecule has 6 nitrogen and oxygen atoms in total. The van der Waals surface area contributed by atoms with E-state index in [2.05, 4.69) is 15.2 Å². The number of carbonyl (C=O) groups excluding carboxylic acids is 1. The lowest BCUT2D eigenvalue weighted by Crippen LogP contribution is -2.13. The number of pyridine rings is 1. The lowest BCUT2D eigenvalue weighted by molar-refractivity contribution is -0.0497. The number of amides is 1. The number of nitrogens with zero attached hydrogens (tertiary/aromatic N) is 3. The van der Waals surface area contributed by atoms with Crippen LogP contribution in [0, 0.1) is 6.92 Å². The first-order valence-electron chi connectivity index (χ1n) is 9.85. The SMILES string of the molecule is CCn1cc(-c2cc(C(=O)Nc3ccc(OC(F)F)c(Cl)c3)c3ccccc3n2)c(C)n1. The number of rotatable bonds is 6. The Morgan fingerprint density at radius 3 is 2.69 bits per heavy atom. The molecule has 0 spiro atoms. The maximum absolute atomic E-state index is 13.2. The van der Waals surface area contributed by atoms with E-state index >= 15 is 0 Å². The summed E-state index contributed by atoms with van der Waals surface area (Å²) in [5, 5.41) is 7.87. The smallest absolute Gasteiger partial charge is 0.387 e. The van der Waals surface area contributed by atoms with Crippen molar-refractivity contribution in [2.24, 2.45) is 0 Å². The molecule has 2 aromatic heterocycles. The van der Waals surface area contributed by atoms with Crippen molar-refractivity contribution in [3.63, 3.8) is 0 Å². The third kappa shape index (κ3) is 4.40. The fourth-order valence-corrected chi connectivity index (χ4v) is 3.63. The minimum absolute atomic E-state index is 0.0361. The Labute approximate surface area is 187 Å². The minimum atomic E-state index is -2.99. The zero-order valence-electron chi connectivity index (χ0n) is 17.3. The van der Waals surface area contributed by atoms with Crippen LogP contribution in [0.2, 0.25) is 5.02 Å². The molecule has 164 valence electrons. The number of halogens is 3. The largest absolute Gasteiger partial charge is 0.433 e. The van der Waals surface area contributed by atoms with Crippen LogP contribution in [0.5, 0.6) is 5.75 Å². The summed E-state index contributed by atoms with van der Waals surface area (Å²) in [6.07, 6.45) is 1.90. The second-order valence-corrected chi connectivity index (χ2v) is 7.44. The quantitative estimate of drug-likeness (QED) is 0.390. The van der Waals surface area contributed by atoms with Crippen molar-refractivity contribution in [1.29, 1.82) is 0 Å². The van der Waals surface area contributed by atoms with Gasteiger partial charge >= 0.3 is 6.61 Å². The summed E-state index contributed by atoms with van der Waals surface area (Å²) in [4.78, 5) is 17.9. The van der Waals surface area contributed by atoms with E-state index in [4.69, 9.17) is 16.6 Å². The van der Waals surface area contributed by atoms with Gasteiger partial charge in [0, 0.05) is 29.4 Å². The number of carbonyl (C=O) groups is 1. The van der Waals surface area contributed by atoms with E-state index in [-0.39, 0.29) is 16.7 Å². The molecule has 0 unspecified atom stereocenters. The lowest BCUT2D eigenvalue weighted by atomic mass is 10.0. The van der Waals surface area contributed by atoms with Crippen molar-refractivity contribution in [2.45, 2.75) is 27.0 Å². The summed E-state index contributed by atoms with van der Waals surface area (Å²) >= 11 is 6.01. The number of anilines is 1. The van der Waals surface area contributed by atoms with Crippen molar-refractivity contribution < 1.29 is 18.3 Å². The van der Waals surface area contributed by atoms with Crippen molar-refractivity contribution in [3.05, 3.63) is 71.0 Å². The number of nitrogens with one attached hydrogen (secondary N) is 1. The molecule has 4 aromatic rings. The molecule has 1 N–H and O–H groups in total. The van der Waals surface area contributed by atoms with Crippen molar-refractivity contribution in [1.82, 2.24) is 14.8 Å². The molecule has 0 aliphatic heterocycles. The highest BCUT2D eigenvalue weighted by Gasteiger charge is 2.17.